The van der Waals surface area contributed by atoms with E-state index in [1.54, 1.807) is 36.4 Å². The number of benzene rings is 2. The van der Waals surface area contributed by atoms with Crippen molar-refractivity contribution in [1.82, 2.24) is 9.62 Å². The monoisotopic (exact) mass is 492 g/mol. The molecule has 0 aromatic heterocycles. The van der Waals surface area contributed by atoms with Gasteiger partial charge < -0.3 is 14.8 Å². The summed E-state index contributed by atoms with van der Waals surface area (Å²) in [4.78, 5) is 24.1. The van der Waals surface area contributed by atoms with Crippen LogP contribution in [0.15, 0.2) is 59.5 Å². The fourth-order valence-corrected chi connectivity index (χ4v) is 4.69. The summed E-state index contributed by atoms with van der Waals surface area (Å²) in [6.45, 7) is 2.79. The summed E-state index contributed by atoms with van der Waals surface area (Å²) < 4.78 is 36.8. The molecule has 1 atom stereocenters. The van der Waals surface area contributed by atoms with Crippen molar-refractivity contribution < 1.29 is 27.5 Å². The van der Waals surface area contributed by atoms with Gasteiger partial charge in [0.2, 0.25) is 10.0 Å². The number of nitrogens with zero attached hydrogens (tertiary/aromatic N) is 1. The molecular formula is C23H25ClN2O6S. The predicted octanol–water partition coefficient (Wildman–Crippen LogP) is 2.79. The first kappa shape index (κ1) is 24.9. The van der Waals surface area contributed by atoms with E-state index in [0.717, 1.165) is 5.56 Å². The first-order valence-corrected chi connectivity index (χ1v) is 12.1. The molecule has 2 aromatic rings. The molecular weight excluding hydrogens is 468 g/mol. The minimum Gasteiger partial charge on any atom is -0.452 e. The summed E-state index contributed by atoms with van der Waals surface area (Å²) in [6.07, 6.45) is 2.67. The number of hydrogen-bond donors (Lipinski definition) is 1. The molecule has 1 unspecified atom stereocenters. The number of ether oxygens (including phenoxy) is 2. The third-order valence-electron chi connectivity index (χ3n) is 4.99. The van der Waals surface area contributed by atoms with Crippen LogP contribution in [0.4, 0.5) is 0 Å². The lowest BCUT2D eigenvalue weighted by molar-refractivity contribution is -0.144. The zero-order chi connectivity index (χ0) is 23.8. The molecule has 33 heavy (non-hydrogen) atoms. The largest absolute Gasteiger partial charge is 0.452 e. The number of nitrogens with one attached hydrogen (secondary N) is 1. The number of rotatable bonds is 8. The van der Waals surface area contributed by atoms with Gasteiger partial charge in [-0.2, -0.15) is 4.31 Å². The van der Waals surface area contributed by atoms with E-state index in [9.17, 15) is 18.0 Å². The Bertz CT molecular complexity index is 1090. The molecule has 8 nitrogen and oxygen atoms in total. The maximum Gasteiger partial charge on any atom is 0.331 e. The van der Waals surface area contributed by atoms with Gasteiger partial charge in [0.1, 0.15) is 0 Å². The van der Waals surface area contributed by atoms with Crippen LogP contribution in [0.2, 0.25) is 5.02 Å². The first-order valence-electron chi connectivity index (χ1n) is 10.3. The van der Waals surface area contributed by atoms with Crippen LogP contribution in [0.25, 0.3) is 6.08 Å². The smallest absolute Gasteiger partial charge is 0.331 e. The fourth-order valence-electron chi connectivity index (χ4n) is 3.15. The van der Waals surface area contributed by atoms with Gasteiger partial charge in [0.25, 0.3) is 5.91 Å². The molecule has 1 heterocycles. The Balaban J connectivity index is 1.48. The molecule has 0 aliphatic carbocycles. The third-order valence-corrected chi connectivity index (χ3v) is 7.16. The maximum absolute atomic E-state index is 12.6. The van der Waals surface area contributed by atoms with E-state index in [4.69, 9.17) is 21.1 Å². The molecule has 0 radical (unpaired) electrons. The SMILES string of the molecule is CC(NC(=O)COC(=O)/C=C/c1ccc(S(=O)(=O)N2CCOCC2)cc1)c1ccc(Cl)cc1. The summed E-state index contributed by atoms with van der Waals surface area (Å²) >= 11 is 5.86. The van der Waals surface area contributed by atoms with Gasteiger partial charge in [0.15, 0.2) is 6.61 Å². The van der Waals surface area contributed by atoms with Crippen LogP contribution in [-0.2, 0) is 29.1 Å². The molecule has 2 aromatic carbocycles. The quantitative estimate of drug-likeness (QED) is 0.449. The zero-order valence-corrected chi connectivity index (χ0v) is 19.6. The number of morpholine rings is 1. The second-order valence-electron chi connectivity index (χ2n) is 7.37. The second-order valence-corrected chi connectivity index (χ2v) is 9.74. The number of halogens is 1. The van der Waals surface area contributed by atoms with Gasteiger partial charge >= 0.3 is 5.97 Å². The highest BCUT2D eigenvalue weighted by atomic mass is 35.5. The normalized spacial score (nSPS) is 15.8. The maximum atomic E-state index is 12.6. The Morgan fingerprint density at radius 1 is 1.12 bits per heavy atom. The van der Waals surface area contributed by atoms with Crippen LogP contribution < -0.4 is 5.32 Å². The number of amides is 1. The molecule has 10 heteroatoms. The van der Waals surface area contributed by atoms with Gasteiger partial charge in [-0.05, 0) is 48.4 Å². The average molecular weight is 493 g/mol. The van der Waals surface area contributed by atoms with Crippen molar-refractivity contribution in [2.24, 2.45) is 0 Å². The molecule has 1 fully saturated rings. The third kappa shape index (κ3) is 7.13. The van der Waals surface area contributed by atoms with E-state index < -0.39 is 28.5 Å². The van der Waals surface area contributed by atoms with Crippen molar-refractivity contribution in [3.8, 4) is 0 Å². The lowest BCUT2D eigenvalue weighted by atomic mass is 10.1. The van der Waals surface area contributed by atoms with Crippen LogP contribution in [0.5, 0.6) is 0 Å². The Morgan fingerprint density at radius 3 is 2.39 bits per heavy atom. The Hall–Kier alpha value is -2.72. The number of hydrogen-bond acceptors (Lipinski definition) is 6. The van der Waals surface area contributed by atoms with E-state index in [0.29, 0.717) is 36.9 Å². The minimum absolute atomic E-state index is 0.176. The molecule has 1 saturated heterocycles. The number of sulfonamides is 1. The zero-order valence-electron chi connectivity index (χ0n) is 18.1. The average Bonchev–Trinajstić information content (AvgIpc) is 2.82. The van der Waals surface area contributed by atoms with Crippen LogP contribution in [0.1, 0.15) is 24.1 Å². The van der Waals surface area contributed by atoms with E-state index in [-0.39, 0.29) is 10.9 Å². The van der Waals surface area contributed by atoms with Crippen molar-refractivity contribution in [3.05, 3.63) is 70.8 Å². The molecule has 1 aliphatic rings. The molecule has 0 spiro atoms. The lowest BCUT2D eigenvalue weighted by Gasteiger charge is -2.26. The summed E-state index contributed by atoms with van der Waals surface area (Å²) in [5.74, 6) is -1.12. The standard InChI is InChI=1S/C23H25ClN2O6S/c1-17(19-5-7-20(24)8-6-19)25-22(27)16-32-23(28)11-4-18-2-9-21(10-3-18)33(29,30)26-12-14-31-15-13-26/h2-11,17H,12-16H2,1H3,(H,25,27)/b11-4+. The van der Waals surface area contributed by atoms with E-state index in [1.807, 2.05) is 6.92 Å². The van der Waals surface area contributed by atoms with Crippen molar-refractivity contribution in [3.63, 3.8) is 0 Å². The van der Waals surface area contributed by atoms with Gasteiger partial charge in [-0.15, -0.1) is 0 Å². The second kappa shape index (κ2) is 11.4. The van der Waals surface area contributed by atoms with Crippen molar-refractivity contribution >= 4 is 39.6 Å². The molecule has 3 rings (SSSR count). The molecule has 1 amide bonds. The van der Waals surface area contributed by atoms with Gasteiger partial charge in [0, 0.05) is 24.2 Å². The highest BCUT2D eigenvalue weighted by molar-refractivity contribution is 7.89. The molecule has 1 N–H and O–H groups in total. The minimum atomic E-state index is -3.57. The van der Waals surface area contributed by atoms with Gasteiger partial charge in [-0.3, -0.25) is 4.79 Å². The highest BCUT2D eigenvalue weighted by Gasteiger charge is 2.25. The number of carbonyl (C=O) groups excluding carboxylic acids is 2. The van der Waals surface area contributed by atoms with Crippen LogP contribution in [-0.4, -0.2) is 57.5 Å². The Kier molecular flexibility index (Phi) is 8.62. The predicted molar refractivity (Wildman–Crippen MR) is 124 cm³/mol. The van der Waals surface area contributed by atoms with Crippen LogP contribution in [0.3, 0.4) is 0 Å². The molecule has 0 saturated carbocycles. The molecule has 1 aliphatic heterocycles. The van der Waals surface area contributed by atoms with E-state index in [2.05, 4.69) is 5.32 Å². The topological polar surface area (TPSA) is 102 Å². The van der Waals surface area contributed by atoms with Gasteiger partial charge in [-0.1, -0.05) is 35.9 Å². The molecule has 176 valence electrons. The summed E-state index contributed by atoms with van der Waals surface area (Å²) in [7, 11) is -3.57. The van der Waals surface area contributed by atoms with Crippen molar-refractivity contribution in [2.45, 2.75) is 17.9 Å². The fraction of sp³-hybridized carbons (Fsp3) is 0.304. The van der Waals surface area contributed by atoms with Gasteiger partial charge in [0.05, 0.1) is 24.2 Å². The lowest BCUT2D eigenvalue weighted by Crippen LogP contribution is -2.40. The number of esters is 1. The first-order chi connectivity index (χ1) is 15.8. The van der Waals surface area contributed by atoms with Crippen LogP contribution in [0, 0.1) is 0 Å². The Labute approximate surface area is 198 Å². The summed E-state index contributed by atoms with van der Waals surface area (Å²) in [5.41, 5.74) is 1.49. The Morgan fingerprint density at radius 2 is 1.76 bits per heavy atom. The van der Waals surface area contributed by atoms with Crippen molar-refractivity contribution in [2.75, 3.05) is 32.9 Å². The highest BCUT2D eigenvalue weighted by Crippen LogP contribution is 2.18. The molecule has 0 bridgehead atoms. The number of carbonyl (C=O) groups is 2. The summed E-state index contributed by atoms with van der Waals surface area (Å²) in [5, 5.41) is 3.34. The van der Waals surface area contributed by atoms with Crippen molar-refractivity contribution in [1.29, 1.82) is 0 Å². The van der Waals surface area contributed by atoms with E-state index in [1.165, 1.54) is 28.6 Å². The van der Waals surface area contributed by atoms with Gasteiger partial charge in [-0.25, -0.2) is 13.2 Å². The van der Waals surface area contributed by atoms with Crippen LogP contribution >= 0.6 is 11.6 Å². The summed E-state index contributed by atoms with van der Waals surface area (Å²) in [6, 6.07) is 13.0. The van der Waals surface area contributed by atoms with E-state index >= 15 is 0 Å².